The number of terminal acetylenes is 1. The summed E-state index contributed by atoms with van der Waals surface area (Å²) in [5, 5.41) is 0.919. The van der Waals surface area contributed by atoms with Crippen molar-refractivity contribution in [2.75, 3.05) is 0 Å². The SMILES string of the molecule is C#Cc1cc2ccc(C(C)=O)cc2o1. The molecule has 2 aromatic rings. The van der Waals surface area contributed by atoms with Crippen molar-refractivity contribution in [3.63, 3.8) is 0 Å². The molecule has 0 fully saturated rings. The zero-order valence-electron chi connectivity index (χ0n) is 7.70. The number of carbonyl (C=O) groups is 1. The molecule has 0 unspecified atom stereocenters. The first kappa shape index (κ1) is 8.58. The van der Waals surface area contributed by atoms with Crippen LogP contribution in [-0.4, -0.2) is 5.78 Å². The topological polar surface area (TPSA) is 30.2 Å². The average Bonchev–Trinajstić information content (AvgIpc) is 2.58. The van der Waals surface area contributed by atoms with Gasteiger partial charge in [0, 0.05) is 17.0 Å². The lowest BCUT2D eigenvalue weighted by molar-refractivity contribution is 0.101. The summed E-state index contributed by atoms with van der Waals surface area (Å²) in [6, 6.07) is 7.08. The van der Waals surface area contributed by atoms with Gasteiger partial charge < -0.3 is 4.42 Å². The molecule has 0 aliphatic carbocycles. The minimum absolute atomic E-state index is 0.0190. The highest BCUT2D eigenvalue weighted by molar-refractivity contribution is 5.97. The van der Waals surface area contributed by atoms with Crippen molar-refractivity contribution in [1.29, 1.82) is 0 Å². The molecule has 68 valence electrons. The van der Waals surface area contributed by atoms with Crippen molar-refractivity contribution >= 4 is 16.8 Å². The molecule has 0 bridgehead atoms. The van der Waals surface area contributed by atoms with Gasteiger partial charge in [0.1, 0.15) is 5.58 Å². The fourth-order valence-corrected chi connectivity index (χ4v) is 1.32. The van der Waals surface area contributed by atoms with Gasteiger partial charge in [0.15, 0.2) is 11.5 Å². The summed E-state index contributed by atoms with van der Waals surface area (Å²) in [5.41, 5.74) is 1.29. The van der Waals surface area contributed by atoms with Crippen molar-refractivity contribution in [2.24, 2.45) is 0 Å². The molecular formula is C12H8O2. The van der Waals surface area contributed by atoms with E-state index in [-0.39, 0.29) is 5.78 Å². The van der Waals surface area contributed by atoms with Gasteiger partial charge in [-0.3, -0.25) is 4.79 Å². The molecule has 2 rings (SSSR count). The fourth-order valence-electron chi connectivity index (χ4n) is 1.32. The van der Waals surface area contributed by atoms with Crippen LogP contribution in [0.25, 0.3) is 11.0 Å². The minimum atomic E-state index is 0.0190. The smallest absolute Gasteiger partial charge is 0.177 e. The van der Waals surface area contributed by atoms with E-state index in [1.165, 1.54) is 6.92 Å². The van der Waals surface area contributed by atoms with Gasteiger partial charge in [0.05, 0.1) is 0 Å². The van der Waals surface area contributed by atoms with Crippen LogP contribution in [0, 0.1) is 12.3 Å². The predicted molar refractivity (Wildman–Crippen MR) is 54.2 cm³/mol. The first-order valence-corrected chi connectivity index (χ1v) is 4.22. The van der Waals surface area contributed by atoms with Gasteiger partial charge in [-0.1, -0.05) is 12.1 Å². The van der Waals surface area contributed by atoms with Gasteiger partial charge in [-0.15, -0.1) is 6.42 Å². The van der Waals surface area contributed by atoms with Crippen LogP contribution in [0.3, 0.4) is 0 Å². The van der Waals surface area contributed by atoms with E-state index >= 15 is 0 Å². The van der Waals surface area contributed by atoms with Crippen LogP contribution in [0.1, 0.15) is 23.0 Å². The maximum atomic E-state index is 11.1. The largest absolute Gasteiger partial charge is 0.448 e. The van der Waals surface area contributed by atoms with Gasteiger partial charge in [0.25, 0.3) is 0 Å². The van der Waals surface area contributed by atoms with Crippen molar-refractivity contribution < 1.29 is 9.21 Å². The molecule has 0 amide bonds. The highest BCUT2D eigenvalue weighted by atomic mass is 16.3. The van der Waals surface area contributed by atoms with E-state index < -0.39 is 0 Å². The lowest BCUT2D eigenvalue weighted by Crippen LogP contribution is -1.89. The Labute approximate surface area is 81.5 Å². The Balaban J connectivity index is 2.66. The molecule has 1 aromatic carbocycles. The number of benzene rings is 1. The molecule has 14 heavy (non-hydrogen) atoms. The molecule has 0 saturated heterocycles. The molecule has 0 N–H and O–H groups in total. The third-order valence-electron chi connectivity index (χ3n) is 2.07. The first-order valence-electron chi connectivity index (χ1n) is 4.22. The second-order valence-corrected chi connectivity index (χ2v) is 3.06. The first-order chi connectivity index (χ1) is 6.70. The number of fused-ring (bicyclic) bond motifs is 1. The van der Waals surface area contributed by atoms with E-state index in [9.17, 15) is 4.79 Å². The normalized spacial score (nSPS) is 10.0. The number of Topliss-reactive ketones (excluding diaryl/α,β-unsaturated/α-hetero) is 1. The highest BCUT2D eigenvalue weighted by Gasteiger charge is 2.04. The Morgan fingerprint density at radius 3 is 2.86 bits per heavy atom. The van der Waals surface area contributed by atoms with E-state index in [2.05, 4.69) is 5.92 Å². The molecule has 0 atom stereocenters. The molecule has 1 aromatic heterocycles. The van der Waals surface area contributed by atoms with Crippen molar-refractivity contribution in [1.82, 2.24) is 0 Å². The van der Waals surface area contributed by atoms with E-state index in [4.69, 9.17) is 10.8 Å². The average molecular weight is 184 g/mol. The predicted octanol–water partition coefficient (Wildman–Crippen LogP) is 2.62. The van der Waals surface area contributed by atoms with Gasteiger partial charge >= 0.3 is 0 Å². The van der Waals surface area contributed by atoms with Gasteiger partial charge in [0.2, 0.25) is 0 Å². The van der Waals surface area contributed by atoms with Crippen LogP contribution in [0.5, 0.6) is 0 Å². The monoisotopic (exact) mass is 184 g/mol. The van der Waals surface area contributed by atoms with Crippen molar-refractivity contribution in [3.05, 3.63) is 35.6 Å². The Morgan fingerprint density at radius 1 is 1.43 bits per heavy atom. The number of ketones is 1. The maximum Gasteiger partial charge on any atom is 0.177 e. The summed E-state index contributed by atoms with van der Waals surface area (Å²) in [7, 11) is 0. The van der Waals surface area contributed by atoms with Crippen LogP contribution in [0.2, 0.25) is 0 Å². The van der Waals surface area contributed by atoms with E-state index in [0.29, 0.717) is 16.9 Å². The van der Waals surface area contributed by atoms with Gasteiger partial charge in [-0.2, -0.15) is 0 Å². The van der Waals surface area contributed by atoms with Crippen LogP contribution >= 0.6 is 0 Å². The van der Waals surface area contributed by atoms with Crippen LogP contribution < -0.4 is 0 Å². The minimum Gasteiger partial charge on any atom is -0.448 e. The maximum absolute atomic E-state index is 11.1. The lowest BCUT2D eigenvalue weighted by atomic mass is 10.1. The highest BCUT2D eigenvalue weighted by Crippen LogP contribution is 2.20. The summed E-state index contributed by atoms with van der Waals surface area (Å²) in [6.07, 6.45) is 5.20. The summed E-state index contributed by atoms with van der Waals surface area (Å²) >= 11 is 0. The third kappa shape index (κ3) is 1.29. The third-order valence-corrected chi connectivity index (χ3v) is 2.07. The Kier molecular flexibility index (Phi) is 1.86. The van der Waals surface area contributed by atoms with Crippen molar-refractivity contribution in [2.45, 2.75) is 6.92 Å². The Hall–Kier alpha value is -2.01. The van der Waals surface area contributed by atoms with Crippen molar-refractivity contribution in [3.8, 4) is 12.3 Å². The molecule has 0 radical (unpaired) electrons. The Morgan fingerprint density at radius 2 is 2.21 bits per heavy atom. The lowest BCUT2D eigenvalue weighted by Gasteiger charge is -1.93. The zero-order valence-corrected chi connectivity index (χ0v) is 7.70. The molecule has 1 heterocycles. The van der Waals surface area contributed by atoms with Gasteiger partial charge in [-0.25, -0.2) is 0 Å². The van der Waals surface area contributed by atoms with Crippen LogP contribution in [0.15, 0.2) is 28.7 Å². The zero-order chi connectivity index (χ0) is 10.1. The summed E-state index contributed by atoms with van der Waals surface area (Å²) in [5.74, 6) is 2.92. The van der Waals surface area contributed by atoms with Crippen LogP contribution in [0.4, 0.5) is 0 Å². The molecule has 0 aliphatic heterocycles. The summed E-state index contributed by atoms with van der Waals surface area (Å²) < 4.78 is 5.32. The fraction of sp³-hybridized carbons (Fsp3) is 0.0833. The molecular weight excluding hydrogens is 176 g/mol. The van der Waals surface area contributed by atoms with Crippen LogP contribution in [-0.2, 0) is 0 Å². The van der Waals surface area contributed by atoms with Gasteiger partial charge in [-0.05, 0) is 18.9 Å². The summed E-state index contributed by atoms with van der Waals surface area (Å²) in [6.45, 7) is 1.52. The quantitative estimate of drug-likeness (QED) is 0.503. The van der Waals surface area contributed by atoms with E-state index in [0.717, 1.165) is 5.39 Å². The standard InChI is InChI=1S/C12H8O2/c1-3-11-6-10-5-4-9(8(2)13)7-12(10)14-11/h1,4-7H,2H3. The second kappa shape index (κ2) is 3.04. The molecule has 0 aliphatic rings. The molecule has 0 saturated carbocycles. The van der Waals surface area contributed by atoms with E-state index in [1.54, 1.807) is 18.2 Å². The summed E-state index contributed by atoms with van der Waals surface area (Å²) in [4.78, 5) is 11.1. The number of rotatable bonds is 1. The number of hydrogen-bond acceptors (Lipinski definition) is 2. The number of furan rings is 1. The molecule has 2 heteroatoms. The Bertz CT molecular complexity index is 541. The molecule has 0 spiro atoms. The molecule has 2 nitrogen and oxygen atoms in total. The number of carbonyl (C=O) groups excluding carboxylic acids is 1. The second-order valence-electron chi connectivity index (χ2n) is 3.06. The number of hydrogen-bond donors (Lipinski definition) is 0. The van der Waals surface area contributed by atoms with E-state index in [1.807, 2.05) is 6.07 Å².